The number of pyridine rings is 1. The van der Waals surface area contributed by atoms with Crippen LogP contribution < -0.4 is 5.56 Å². The second-order valence-electron chi connectivity index (χ2n) is 8.27. The van der Waals surface area contributed by atoms with Crippen LogP contribution in [-0.4, -0.2) is 40.3 Å². The van der Waals surface area contributed by atoms with Gasteiger partial charge in [0.2, 0.25) is 10.0 Å². The average Bonchev–Trinajstić information content (AvgIpc) is 2.81. The highest BCUT2D eigenvalue weighted by molar-refractivity contribution is 7.89. The molecule has 3 heterocycles. The molecule has 0 aliphatic carbocycles. The molecule has 0 amide bonds. The van der Waals surface area contributed by atoms with Crippen LogP contribution in [0.15, 0.2) is 70.5 Å². The maximum absolute atomic E-state index is 13.3. The van der Waals surface area contributed by atoms with Gasteiger partial charge in [-0.15, -0.1) is 0 Å². The first-order valence-corrected chi connectivity index (χ1v) is 12.2. The Morgan fingerprint density at radius 1 is 1.00 bits per heavy atom. The summed E-state index contributed by atoms with van der Waals surface area (Å²) >= 11 is 0. The summed E-state index contributed by atoms with van der Waals surface area (Å²) in [4.78, 5) is 22.1. The van der Waals surface area contributed by atoms with E-state index in [0.29, 0.717) is 54.7 Å². The van der Waals surface area contributed by atoms with Crippen molar-refractivity contribution in [3.8, 4) is 0 Å². The molecule has 0 radical (unpaired) electrons. The summed E-state index contributed by atoms with van der Waals surface area (Å²) in [6.45, 7) is 3.24. The summed E-state index contributed by atoms with van der Waals surface area (Å²) in [6.07, 6.45) is 3.00. The van der Waals surface area contributed by atoms with Crippen molar-refractivity contribution in [1.29, 1.82) is 0 Å². The smallest absolute Gasteiger partial charge is 0.261 e. The number of fused-ring (bicyclic) bond motifs is 2. The van der Waals surface area contributed by atoms with Crippen molar-refractivity contribution >= 4 is 31.8 Å². The second-order valence-corrected chi connectivity index (χ2v) is 10.2. The van der Waals surface area contributed by atoms with E-state index in [-0.39, 0.29) is 16.4 Å². The Bertz CT molecular complexity index is 1470. The Labute approximate surface area is 186 Å². The van der Waals surface area contributed by atoms with Gasteiger partial charge in [0.05, 0.1) is 16.4 Å². The number of hydrogen-bond acceptors (Lipinski definition) is 5. The molecule has 0 unspecified atom stereocenters. The van der Waals surface area contributed by atoms with Gasteiger partial charge in [-0.2, -0.15) is 4.31 Å². The molecule has 8 heteroatoms. The standard InChI is InChI=1S/C24H24N4O3S/c1-17-26-21-9-3-2-8-20(21)24(29)28(17)16-18-11-14-27(15-12-18)32(30,31)22-10-4-6-19-7-5-13-25-23(19)22/h2-10,13,18H,11-12,14-16H2,1H3. The van der Waals surface area contributed by atoms with Crippen LogP contribution in [0.2, 0.25) is 0 Å². The van der Waals surface area contributed by atoms with Gasteiger partial charge < -0.3 is 0 Å². The normalized spacial score (nSPS) is 16.0. The Hall–Kier alpha value is -3.10. The van der Waals surface area contributed by atoms with E-state index in [4.69, 9.17) is 0 Å². The van der Waals surface area contributed by atoms with E-state index in [1.54, 1.807) is 39.3 Å². The van der Waals surface area contributed by atoms with Crippen LogP contribution in [0.5, 0.6) is 0 Å². The van der Waals surface area contributed by atoms with Crippen LogP contribution in [0.3, 0.4) is 0 Å². The van der Waals surface area contributed by atoms with Gasteiger partial charge in [0.1, 0.15) is 10.7 Å². The summed E-state index contributed by atoms with van der Waals surface area (Å²) in [5, 5.41) is 1.42. The number of aromatic nitrogens is 3. The minimum absolute atomic E-state index is 0.0371. The number of hydrogen-bond donors (Lipinski definition) is 0. The summed E-state index contributed by atoms with van der Waals surface area (Å²) in [6, 6.07) is 16.3. The minimum atomic E-state index is -3.64. The molecule has 1 aliphatic heterocycles. The quantitative estimate of drug-likeness (QED) is 0.478. The summed E-state index contributed by atoms with van der Waals surface area (Å²) < 4.78 is 30.0. The van der Waals surface area contributed by atoms with E-state index in [1.807, 2.05) is 37.3 Å². The molecule has 0 bridgehead atoms. The number of para-hydroxylation sites is 2. The zero-order chi connectivity index (χ0) is 22.3. The van der Waals surface area contributed by atoms with E-state index in [1.165, 1.54) is 0 Å². The number of rotatable bonds is 4. The van der Waals surface area contributed by atoms with Crippen LogP contribution in [0.25, 0.3) is 21.8 Å². The van der Waals surface area contributed by atoms with Gasteiger partial charge in [-0.1, -0.05) is 30.3 Å². The van der Waals surface area contributed by atoms with Crippen molar-refractivity contribution in [3.63, 3.8) is 0 Å². The first-order chi connectivity index (χ1) is 15.4. The van der Waals surface area contributed by atoms with Crippen LogP contribution in [0, 0.1) is 12.8 Å². The van der Waals surface area contributed by atoms with Gasteiger partial charge in [0.15, 0.2) is 0 Å². The van der Waals surface area contributed by atoms with Crippen molar-refractivity contribution in [1.82, 2.24) is 18.8 Å². The lowest BCUT2D eigenvalue weighted by Crippen LogP contribution is -2.40. The zero-order valence-electron chi connectivity index (χ0n) is 17.8. The highest BCUT2D eigenvalue weighted by Crippen LogP contribution is 2.28. The van der Waals surface area contributed by atoms with Gasteiger partial charge in [0, 0.05) is 31.2 Å². The molecule has 1 saturated heterocycles. The lowest BCUT2D eigenvalue weighted by molar-refractivity contribution is 0.250. The van der Waals surface area contributed by atoms with Crippen molar-refractivity contribution in [2.45, 2.75) is 31.2 Å². The first kappa shape index (κ1) is 20.8. The maximum atomic E-state index is 13.3. The molecule has 4 aromatic rings. The molecule has 1 aliphatic rings. The monoisotopic (exact) mass is 448 g/mol. The third-order valence-electron chi connectivity index (χ3n) is 6.28. The molecule has 0 spiro atoms. The van der Waals surface area contributed by atoms with Crippen molar-refractivity contribution in [2.75, 3.05) is 13.1 Å². The fourth-order valence-electron chi connectivity index (χ4n) is 4.51. The topological polar surface area (TPSA) is 85.2 Å². The molecule has 0 saturated carbocycles. The zero-order valence-corrected chi connectivity index (χ0v) is 18.6. The van der Waals surface area contributed by atoms with Crippen molar-refractivity contribution < 1.29 is 8.42 Å². The number of benzene rings is 2. The van der Waals surface area contributed by atoms with Crippen LogP contribution in [0.1, 0.15) is 18.7 Å². The Morgan fingerprint density at radius 3 is 2.56 bits per heavy atom. The number of aryl methyl sites for hydroxylation is 1. The van der Waals surface area contributed by atoms with E-state index in [9.17, 15) is 13.2 Å². The Kier molecular flexibility index (Phi) is 5.27. The van der Waals surface area contributed by atoms with Crippen LogP contribution in [-0.2, 0) is 16.6 Å². The molecule has 164 valence electrons. The molecule has 32 heavy (non-hydrogen) atoms. The van der Waals surface area contributed by atoms with E-state index < -0.39 is 10.0 Å². The number of piperidine rings is 1. The molecule has 0 N–H and O–H groups in total. The molecular formula is C24H24N4O3S. The highest BCUT2D eigenvalue weighted by Gasteiger charge is 2.31. The SMILES string of the molecule is Cc1nc2ccccc2c(=O)n1CC1CCN(S(=O)(=O)c2cccc3cccnc23)CC1. The Morgan fingerprint density at radius 2 is 1.75 bits per heavy atom. The third-order valence-corrected chi connectivity index (χ3v) is 8.21. The molecular weight excluding hydrogens is 424 g/mol. The predicted molar refractivity (Wildman–Crippen MR) is 124 cm³/mol. The number of sulfonamides is 1. The molecule has 0 atom stereocenters. The maximum Gasteiger partial charge on any atom is 0.261 e. The Balaban J connectivity index is 1.36. The summed E-state index contributed by atoms with van der Waals surface area (Å²) in [7, 11) is -3.64. The van der Waals surface area contributed by atoms with E-state index in [0.717, 1.165) is 5.39 Å². The summed E-state index contributed by atoms with van der Waals surface area (Å²) in [5.74, 6) is 0.900. The average molecular weight is 449 g/mol. The van der Waals surface area contributed by atoms with E-state index >= 15 is 0 Å². The van der Waals surface area contributed by atoms with Gasteiger partial charge in [-0.05, 0) is 49.9 Å². The van der Waals surface area contributed by atoms with E-state index in [2.05, 4.69) is 9.97 Å². The van der Waals surface area contributed by atoms with Gasteiger partial charge >= 0.3 is 0 Å². The van der Waals surface area contributed by atoms with Crippen molar-refractivity contribution in [2.24, 2.45) is 5.92 Å². The largest absolute Gasteiger partial charge is 0.296 e. The second kappa shape index (κ2) is 8.11. The lowest BCUT2D eigenvalue weighted by Gasteiger charge is -2.31. The molecule has 2 aromatic carbocycles. The first-order valence-electron chi connectivity index (χ1n) is 10.8. The molecule has 5 rings (SSSR count). The fourth-order valence-corrected chi connectivity index (χ4v) is 6.14. The van der Waals surface area contributed by atoms with Crippen molar-refractivity contribution in [3.05, 3.63) is 77.0 Å². The molecule has 7 nitrogen and oxygen atoms in total. The molecule has 2 aromatic heterocycles. The van der Waals surface area contributed by atoms with Crippen LogP contribution >= 0.6 is 0 Å². The summed E-state index contributed by atoms with van der Waals surface area (Å²) in [5.41, 5.74) is 1.17. The van der Waals surface area contributed by atoms with Crippen LogP contribution in [0.4, 0.5) is 0 Å². The third kappa shape index (κ3) is 3.59. The predicted octanol–water partition coefficient (Wildman–Crippen LogP) is 3.35. The van der Waals surface area contributed by atoms with Gasteiger partial charge in [0.25, 0.3) is 5.56 Å². The lowest BCUT2D eigenvalue weighted by atomic mass is 9.98. The van der Waals surface area contributed by atoms with Gasteiger partial charge in [-0.25, -0.2) is 13.4 Å². The van der Waals surface area contributed by atoms with Gasteiger partial charge in [-0.3, -0.25) is 14.3 Å². The highest BCUT2D eigenvalue weighted by atomic mass is 32.2. The molecule has 1 fully saturated rings. The number of nitrogens with zero attached hydrogens (tertiary/aromatic N) is 4. The minimum Gasteiger partial charge on any atom is -0.296 e. The fraction of sp³-hybridized carbons (Fsp3) is 0.292.